The van der Waals surface area contributed by atoms with Crippen molar-refractivity contribution < 1.29 is 4.79 Å². The number of carbonyl (C=O) groups is 1. The van der Waals surface area contributed by atoms with Gasteiger partial charge >= 0.3 is 0 Å². The van der Waals surface area contributed by atoms with Crippen LogP contribution in [0.1, 0.15) is 29.5 Å². The third-order valence-corrected chi connectivity index (χ3v) is 5.65. The molecule has 1 aliphatic heterocycles. The number of halogens is 2. The molecular formula is C21H24Cl2N2O. The molecule has 26 heavy (non-hydrogen) atoms. The molecule has 0 aromatic heterocycles. The van der Waals surface area contributed by atoms with E-state index in [4.69, 9.17) is 23.2 Å². The fourth-order valence-corrected chi connectivity index (χ4v) is 3.84. The van der Waals surface area contributed by atoms with E-state index in [0.717, 1.165) is 43.7 Å². The van der Waals surface area contributed by atoms with Gasteiger partial charge in [-0.15, -0.1) is 0 Å². The number of benzene rings is 2. The van der Waals surface area contributed by atoms with Crippen molar-refractivity contribution in [2.24, 2.45) is 5.92 Å². The van der Waals surface area contributed by atoms with Crippen molar-refractivity contribution in [3.8, 4) is 0 Å². The Kier molecular flexibility index (Phi) is 6.23. The summed E-state index contributed by atoms with van der Waals surface area (Å²) in [6.45, 7) is 6.59. The molecule has 1 heterocycles. The van der Waals surface area contributed by atoms with Crippen LogP contribution in [0, 0.1) is 19.8 Å². The number of nitrogens with one attached hydrogen (secondary N) is 1. The van der Waals surface area contributed by atoms with Gasteiger partial charge in [0.1, 0.15) is 0 Å². The van der Waals surface area contributed by atoms with Gasteiger partial charge in [-0.05, 0) is 74.2 Å². The second-order valence-corrected chi connectivity index (χ2v) is 7.94. The van der Waals surface area contributed by atoms with Crippen LogP contribution in [0.2, 0.25) is 10.0 Å². The number of piperidine rings is 1. The summed E-state index contributed by atoms with van der Waals surface area (Å²) >= 11 is 12.3. The summed E-state index contributed by atoms with van der Waals surface area (Å²) in [6, 6.07) is 11.6. The standard InChI is InChI=1S/C21H24Cl2N2O/c1-14-5-8-19(10-15(14)2)24-21(26)17-4-3-9-25(13-17)12-16-6-7-18(22)11-20(16)23/h5-8,10-11,17H,3-4,9,12-13H2,1-2H3,(H,24,26). The molecule has 1 amide bonds. The summed E-state index contributed by atoms with van der Waals surface area (Å²) in [7, 11) is 0. The number of nitrogens with zero attached hydrogens (tertiary/aromatic N) is 1. The minimum absolute atomic E-state index is 0.00330. The number of anilines is 1. The van der Waals surface area contributed by atoms with Gasteiger partial charge < -0.3 is 5.32 Å². The van der Waals surface area contributed by atoms with E-state index in [1.54, 1.807) is 6.07 Å². The lowest BCUT2D eigenvalue weighted by atomic mass is 9.96. The first-order valence-electron chi connectivity index (χ1n) is 8.97. The van der Waals surface area contributed by atoms with Crippen LogP contribution in [0.3, 0.4) is 0 Å². The highest BCUT2D eigenvalue weighted by molar-refractivity contribution is 6.35. The normalized spacial score (nSPS) is 17.9. The molecule has 1 aliphatic rings. The average Bonchev–Trinajstić information content (AvgIpc) is 2.61. The number of rotatable bonds is 4. The third kappa shape index (κ3) is 4.79. The molecule has 1 atom stereocenters. The Bertz CT molecular complexity index is 807. The number of likely N-dealkylation sites (tertiary alicyclic amines) is 1. The van der Waals surface area contributed by atoms with Crippen LogP contribution in [-0.4, -0.2) is 23.9 Å². The topological polar surface area (TPSA) is 32.3 Å². The molecule has 2 aromatic carbocycles. The van der Waals surface area contributed by atoms with Gasteiger partial charge in [-0.1, -0.05) is 35.3 Å². The van der Waals surface area contributed by atoms with Crippen molar-refractivity contribution in [1.29, 1.82) is 0 Å². The zero-order valence-corrected chi connectivity index (χ0v) is 16.7. The summed E-state index contributed by atoms with van der Waals surface area (Å²) in [6.07, 6.45) is 1.93. The monoisotopic (exact) mass is 390 g/mol. The van der Waals surface area contributed by atoms with E-state index >= 15 is 0 Å². The highest BCUT2D eigenvalue weighted by Crippen LogP contribution is 2.25. The van der Waals surface area contributed by atoms with Crippen molar-refractivity contribution in [2.75, 3.05) is 18.4 Å². The number of carbonyl (C=O) groups excluding carboxylic acids is 1. The van der Waals surface area contributed by atoms with Gasteiger partial charge in [0.25, 0.3) is 0 Å². The number of amides is 1. The Morgan fingerprint density at radius 2 is 1.96 bits per heavy atom. The van der Waals surface area contributed by atoms with Crippen LogP contribution in [0.4, 0.5) is 5.69 Å². The lowest BCUT2D eigenvalue weighted by molar-refractivity contribution is -0.121. The van der Waals surface area contributed by atoms with Crippen molar-refractivity contribution >= 4 is 34.8 Å². The van der Waals surface area contributed by atoms with Gasteiger partial charge in [0.15, 0.2) is 0 Å². The highest BCUT2D eigenvalue weighted by atomic mass is 35.5. The quantitative estimate of drug-likeness (QED) is 0.751. The Balaban J connectivity index is 1.62. The Morgan fingerprint density at radius 3 is 2.69 bits per heavy atom. The molecule has 1 N–H and O–H groups in total. The predicted octanol–water partition coefficient (Wildman–Crippen LogP) is 5.46. The highest BCUT2D eigenvalue weighted by Gasteiger charge is 2.26. The van der Waals surface area contributed by atoms with Crippen molar-refractivity contribution in [1.82, 2.24) is 4.90 Å². The lowest BCUT2D eigenvalue weighted by Gasteiger charge is -2.32. The first-order chi connectivity index (χ1) is 12.4. The molecule has 2 aromatic rings. The van der Waals surface area contributed by atoms with Gasteiger partial charge in [-0.2, -0.15) is 0 Å². The molecular weight excluding hydrogens is 367 g/mol. The molecule has 1 saturated heterocycles. The number of hydrogen-bond acceptors (Lipinski definition) is 2. The maximum Gasteiger partial charge on any atom is 0.228 e. The molecule has 0 saturated carbocycles. The first kappa shape index (κ1) is 19.2. The van der Waals surface area contributed by atoms with Crippen LogP contribution in [0.15, 0.2) is 36.4 Å². The van der Waals surface area contributed by atoms with Crippen LogP contribution in [0.25, 0.3) is 0 Å². The van der Waals surface area contributed by atoms with Gasteiger partial charge in [-0.25, -0.2) is 0 Å². The molecule has 1 fully saturated rings. The van der Waals surface area contributed by atoms with Gasteiger partial charge in [0, 0.05) is 28.8 Å². The Hall–Kier alpha value is -1.55. The molecule has 0 spiro atoms. The fourth-order valence-electron chi connectivity index (χ4n) is 3.37. The molecule has 5 heteroatoms. The van der Waals surface area contributed by atoms with E-state index in [9.17, 15) is 4.79 Å². The number of hydrogen-bond donors (Lipinski definition) is 1. The van der Waals surface area contributed by atoms with E-state index in [0.29, 0.717) is 10.0 Å². The lowest BCUT2D eigenvalue weighted by Crippen LogP contribution is -2.40. The summed E-state index contributed by atoms with van der Waals surface area (Å²) in [4.78, 5) is 15.0. The first-order valence-corrected chi connectivity index (χ1v) is 9.72. The molecule has 138 valence electrons. The maximum absolute atomic E-state index is 12.7. The Morgan fingerprint density at radius 1 is 1.15 bits per heavy atom. The van der Waals surface area contributed by atoms with Gasteiger partial charge in [0.05, 0.1) is 5.92 Å². The zero-order chi connectivity index (χ0) is 18.7. The second kappa shape index (κ2) is 8.43. The van der Waals surface area contributed by atoms with Crippen LogP contribution in [-0.2, 0) is 11.3 Å². The summed E-state index contributed by atoms with van der Waals surface area (Å²) in [5.74, 6) is 0.0941. The predicted molar refractivity (Wildman–Crippen MR) is 109 cm³/mol. The van der Waals surface area contributed by atoms with Gasteiger partial charge in [0.2, 0.25) is 5.91 Å². The van der Waals surface area contributed by atoms with Crippen LogP contribution >= 0.6 is 23.2 Å². The van der Waals surface area contributed by atoms with Crippen LogP contribution < -0.4 is 5.32 Å². The molecule has 0 bridgehead atoms. The van der Waals surface area contributed by atoms with E-state index < -0.39 is 0 Å². The third-order valence-electron chi connectivity index (χ3n) is 5.06. The maximum atomic E-state index is 12.7. The number of aryl methyl sites for hydroxylation is 2. The molecule has 0 radical (unpaired) electrons. The summed E-state index contributed by atoms with van der Waals surface area (Å²) in [5, 5.41) is 4.40. The second-order valence-electron chi connectivity index (χ2n) is 7.10. The van der Waals surface area contributed by atoms with E-state index in [2.05, 4.69) is 24.1 Å². The van der Waals surface area contributed by atoms with Crippen molar-refractivity contribution in [3.63, 3.8) is 0 Å². The van der Waals surface area contributed by atoms with Gasteiger partial charge in [-0.3, -0.25) is 9.69 Å². The zero-order valence-electron chi connectivity index (χ0n) is 15.2. The van der Waals surface area contributed by atoms with Crippen molar-refractivity contribution in [3.05, 3.63) is 63.1 Å². The van der Waals surface area contributed by atoms with E-state index in [-0.39, 0.29) is 11.8 Å². The molecule has 3 rings (SSSR count). The van der Waals surface area contributed by atoms with Crippen LogP contribution in [0.5, 0.6) is 0 Å². The largest absolute Gasteiger partial charge is 0.326 e. The summed E-state index contributed by atoms with van der Waals surface area (Å²) in [5.41, 5.74) is 4.33. The molecule has 0 aliphatic carbocycles. The minimum Gasteiger partial charge on any atom is -0.326 e. The summed E-state index contributed by atoms with van der Waals surface area (Å²) < 4.78 is 0. The average molecular weight is 391 g/mol. The van der Waals surface area contributed by atoms with E-state index in [1.165, 1.54) is 11.1 Å². The molecule has 1 unspecified atom stereocenters. The SMILES string of the molecule is Cc1ccc(NC(=O)C2CCCN(Cc3ccc(Cl)cc3Cl)C2)cc1C. The fraction of sp³-hybridized carbons (Fsp3) is 0.381. The van der Waals surface area contributed by atoms with E-state index in [1.807, 2.05) is 30.3 Å². The smallest absolute Gasteiger partial charge is 0.228 e. The van der Waals surface area contributed by atoms with Crippen molar-refractivity contribution in [2.45, 2.75) is 33.2 Å². The Labute approximate surface area is 165 Å². The minimum atomic E-state index is -0.00330. The molecule has 3 nitrogen and oxygen atoms in total.